The molecule has 18 heavy (non-hydrogen) atoms. The number of carboxylic acid groups (broad SMARTS) is 1. The van der Waals surface area contributed by atoms with Gasteiger partial charge in [0.15, 0.2) is 29.1 Å². The molecule has 1 aromatic carbocycles. The van der Waals surface area contributed by atoms with Crippen LogP contribution in [0.15, 0.2) is 5.83 Å². The summed E-state index contributed by atoms with van der Waals surface area (Å²) in [7, 11) is 0. The van der Waals surface area contributed by atoms with Gasteiger partial charge in [-0.05, 0) is 0 Å². The molecular weight excluding hydrogens is 273 g/mol. The van der Waals surface area contributed by atoms with Crippen molar-refractivity contribution in [3.8, 4) is 0 Å². The lowest BCUT2D eigenvalue weighted by molar-refractivity contribution is -0.134. The van der Waals surface area contributed by atoms with E-state index in [1.807, 2.05) is 0 Å². The molecule has 0 saturated heterocycles. The standard InChI is InChI=1S/C9HF7O2/c10-2-1(4(12)8(16)9(17)18)3(11)6(14)7(15)5(2)13/h(H,17,18). The summed E-state index contributed by atoms with van der Waals surface area (Å²) in [4.78, 5) is 9.99. The summed E-state index contributed by atoms with van der Waals surface area (Å²) in [6.07, 6.45) is 0. The fourth-order valence-electron chi connectivity index (χ4n) is 1.00. The maximum atomic E-state index is 13.0. The Bertz CT molecular complexity index is 536. The summed E-state index contributed by atoms with van der Waals surface area (Å²) in [5.74, 6) is -20.9. The van der Waals surface area contributed by atoms with Crippen molar-refractivity contribution in [1.29, 1.82) is 0 Å². The molecule has 0 radical (unpaired) electrons. The van der Waals surface area contributed by atoms with Gasteiger partial charge in [-0.15, -0.1) is 0 Å². The van der Waals surface area contributed by atoms with E-state index in [-0.39, 0.29) is 0 Å². The Labute approximate surface area is 94.0 Å². The first-order chi connectivity index (χ1) is 8.20. The molecule has 0 heterocycles. The Balaban J connectivity index is 3.73. The van der Waals surface area contributed by atoms with Gasteiger partial charge < -0.3 is 5.11 Å². The predicted octanol–water partition coefficient (Wildman–Crippen LogP) is 3.07. The summed E-state index contributed by atoms with van der Waals surface area (Å²) in [6.45, 7) is 0. The van der Waals surface area contributed by atoms with Crippen molar-refractivity contribution in [3.63, 3.8) is 0 Å². The molecule has 98 valence electrons. The Kier molecular flexibility index (Phi) is 3.63. The van der Waals surface area contributed by atoms with Gasteiger partial charge in [-0.1, -0.05) is 0 Å². The quantitative estimate of drug-likeness (QED) is 0.389. The van der Waals surface area contributed by atoms with Crippen LogP contribution < -0.4 is 0 Å². The van der Waals surface area contributed by atoms with Crippen LogP contribution in [-0.2, 0) is 4.79 Å². The minimum absolute atomic E-state index is 2.27. The number of benzene rings is 1. The van der Waals surface area contributed by atoms with Gasteiger partial charge >= 0.3 is 5.97 Å². The van der Waals surface area contributed by atoms with Gasteiger partial charge in [0.25, 0.3) is 0 Å². The summed E-state index contributed by atoms with van der Waals surface area (Å²) in [5, 5.41) is 8.01. The minimum atomic E-state index is -2.70. The van der Waals surface area contributed by atoms with Crippen LogP contribution >= 0.6 is 0 Å². The van der Waals surface area contributed by atoms with E-state index in [4.69, 9.17) is 5.11 Å². The lowest BCUT2D eigenvalue weighted by Gasteiger charge is -2.06. The molecular formula is C9HF7O2. The van der Waals surface area contributed by atoms with Gasteiger partial charge in [-0.25, -0.2) is 31.1 Å². The van der Waals surface area contributed by atoms with Crippen molar-refractivity contribution in [2.45, 2.75) is 0 Å². The number of hydrogen-bond acceptors (Lipinski definition) is 1. The number of carbonyl (C=O) groups is 1. The van der Waals surface area contributed by atoms with Gasteiger partial charge in [-0.3, -0.25) is 0 Å². The number of carboxylic acids is 1. The second kappa shape index (κ2) is 4.67. The SMILES string of the molecule is O=C(O)C(F)=C(F)c1c(F)c(F)c(F)c(F)c1F. The van der Waals surface area contributed by atoms with E-state index in [0.717, 1.165) is 0 Å². The molecule has 0 aromatic heterocycles. The van der Waals surface area contributed by atoms with E-state index in [1.54, 1.807) is 0 Å². The monoisotopic (exact) mass is 274 g/mol. The number of aliphatic carboxylic acids is 1. The summed E-state index contributed by atoms with van der Waals surface area (Å²) >= 11 is 0. The zero-order valence-corrected chi connectivity index (χ0v) is 8.00. The van der Waals surface area contributed by atoms with Crippen molar-refractivity contribution < 1.29 is 40.6 Å². The second-order valence-corrected chi connectivity index (χ2v) is 2.88. The van der Waals surface area contributed by atoms with Crippen LogP contribution in [0.4, 0.5) is 30.7 Å². The van der Waals surface area contributed by atoms with Gasteiger partial charge in [0.05, 0.1) is 5.56 Å². The van der Waals surface area contributed by atoms with E-state index < -0.39 is 52.3 Å². The average Bonchev–Trinajstić information content (AvgIpc) is 2.32. The zero-order chi connectivity index (χ0) is 14.2. The van der Waals surface area contributed by atoms with Crippen LogP contribution in [0.3, 0.4) is 0 Å². The molecule has 0 unspecified atom stereocenters. The maximum absolute atomic E-state index is 13.0. The van der Waals surface area contributed by atoms with Gasteiger partial charge in [0.2, 0.25) is 11.6 Å². The number of halogens is 7. The third kappa shape index (κ3) is 2.03. The minimum Gasteiger partial charge on any atom is -0.476 e. The third-order valence-corrected chi connectivity index (χ3v) is 1.81. The van der Waals surface area contributed by atoms with E-state index in [1.165, 1.54) is 0 Å². The Morgan fingerprint density at radius 1 is 0.778 bits per heavy atom. The fourth-order valence-corrected chi connectivity index (χ4v) is 1.00. The summed E-state index contributed by atoms with van der Waals surface area (Å²) < 4.78 is 89.1. The molecule has 1 rings (SSSR count). The van der Waals surface area contributed by atoms with Crippen molar-refractivity contribution in [2.75, 3.05) is 0 Å². The third-order valence-electron chi connectivity index (χ3n) is 1.81. The first kappa shape index (κ1) is 14.0. The predicted molar refractivity (Wildman–Crippen MR) is 43.0 cm³/mol. The highest BCUT2D eigenvalue weighted by molar-refractivity contribution is 5.92. The topological polar surface area (TPSA) is 37.3 Å². The molecule has 0 spiro atoms. The highest BCUT2D eigenvalue weighted by atomic mass is 19.2. The first-order valence-electron chi connectivity index (χ1n) is 4.00. The molecule has 0 bridgehead atoms. The Hall–Kier alpha value is -2.06. The van der Waals surface area contributed by atoms with Crippen LogP contribution in [0.2, 0.25) is 0 Å². The normalized spacial score (nSPS) is 12.4. The van der Waals surface area contributed by atoms with Gasteiger partial charge in [-0.2, -0.15) is 4.39 Å². The van der Waals surface area contributed by atoms with Gasteiger partial charge in [0.1, 0.15) is 0 Å². The van der Waals surface area contributed by atoms with Crippen molar-refractivity contribution in [2.24, 2.45) is 0 Å². The summed E-state index contributed by atoms with van der Waals surface area (Å²) in [5.41, 5.74) is -2.27. The zero-order valence-electron chi connectivity index (χ0n) is 8.00. The van der Waals surface area contributed by atoms with Crippen molar-refractivity contribution in [3.05, 3.63) is 40.5 Å². The molecule has 0 fully saturated rings. The van der Waals surface area contributed by atoms with Crippen LogP contribution in [0.25, 0.3) is 5.83 Å². The highest BCUT2D eigenvalue weighted by Gasteiger charge is 2.31. The van der Waals surface area contributed by atoms with Gasteiger partial charge in [0, 0.05) is 0 Å². The molecule has 0 aliphatic heterocycles. The van der Waals surface area contributed by atoms with Crippen LogP contribution in [0.1, 0.15) is 5.56 Å². The smallest absolute Gasteiger partial charge is 0.367 e. The van der Waals surface area contributed by atoms with Crippen LogP contribution in [0, 0.1) is 29.1 Å². The highest BCUT2D eigenvalue weighted by Crippen LogP contribution is 2.31. The number of rotatable bonds is 2. The maximum Gasteiger partial charge on any atom is 0.367 e. The van der Waals surface area contributed by atoms with Crippen LogP contribution in [0.5, 0.6) is 0 Å². The van der Waals surface area contributed by atoms with E-state index in [2.05, 4.69) is 0 Å². The molecule has 0 amide bonds. The van der Waals surface area contributed by atoms with Crippen molar-refractivity contribution >= 4 is 11.8 Å². The number of hydrogen-bond donors (Lipinski definition) is 1. The molecule has 0 aliphatic rings. The molecule has 0 saturated carbocycles. The molecule has 9 heteroatoms. The lowest BCUT2D eigenvalue weighted by Crippen LogP contribution is -2.07. The average molecular weight is 274 g/mol. The Morgan fingerprint density at radius 2 is 1.11 bits per heavy atom. The second-order valence-electron chi connectivity index (χ2n) is 2.88. The van der Waals surface area contributed by atoms with E-state index in [0.29, 0.717) is 0 Å². The molecule has 0 atom stereocenters. The molecule has 1 N–H and O–H groups in total. The van der Waals surface area contributed by atoms with E-state index >= 15 is 0 Å². The summed E-state index contributed by atoms with van der Waals surface area (Å²) in [6, 6.07) is 0. The van der Waals surface area contributed by atoms with Crippen molar-refractivity contribution in [1.82, 2.24) is 0 Å². The molecule has 1 aromatic rings. The molecule has 0 aliphatic carbocycles. The van der Waals surface area contributed by atoms with E-state index in [9.17, 15) is 35.5 Å². The largest absolute Gasteiger partial charge is 0.476 e. The fraction of sp³-hybridized carbons (Fsp3) is 0. The molecule has 2 nitrogen and oxygen atoms in total. The first-order valence-corrected chi connectivity index (χ1v) is 4.00. The van der Waals surface area contributed by atoms with Crippen LogP contribution in [-0.4, -0.2) is 11.1 Å². The Morgan fingerprint density at radius 3 is 1.44 bits per heavy atom. The lowest BCUT2D eigenvalue weighted by atomic mass is 10.1.